The van der Waals surface area contributed by atoms with Crippen LogP contribution in [-0.4, -0.2) is 42.6 Å². The molecule has 0 aromatic heterocycles. The van der Waals surface area contributed by atoms with Crippen molar-refractivity contribution in [1.82, 2.24) is 0 Å². The molecule has 0 aliphatic heterocycles. The van der Waals surface area contributed by atoms with Crippen LogP contribution in [0.25, 0.3) is 0 Å². The van der Waals surface area contributed by atoms with Gasteiger partial charge in [0.2, 0.25) is 0 Å². The Kier molecular flexibility index (Phi) is 13.9. The Labute approximate surface area is 271 Å². The second kappa shape index (κ2) is 16.8. The second-order valence-electron chi connectivity index (χ2n) is 9.21. The van der Waals surface area contributed by atoms with Gasteiger partial charge in [-0.2, -0.15) is 10.2 Å². The SMILES string of the molecule is C=CC(=O)OCCCCCCc1ccc(C(=O)Oc2ccc(N=Nc3ccc(C)c(S(=O)(=O)[O-])c3)cc2C(=O)O)cc1.[Na+]. The summed E-state index contributed by atoms with van der Waals surface area (Å²) in [4.78, 5) is 35.1. The number of carbonyl (C=O) groups excluding carboxylic acids is 2. The summed E-state index contributed by atoms with van der Waals surface area (Å²) in [5, 5.41) is 17.5. The standard InChI is InChI=1S/C30H30N2O9S.Na/c1-3-28(33)40-17-7-5-4-6-8-21-10-12-22(13-11-21)30(36)41-26-16-15-23(18-25(26)29(34)35)31-32-24-14-9-20(2)27(19-24)42(37,38)39;/h3,9-16,18-19H,1,4-8,17H2,2H3,(H,34,35)(H,37,38,39);/q;+1/p-1. The number of unbranched alkanes of at least 4 members (excludes halogenated alkanes) is 3. The van der Waals surface area contributed by atoms with Crippen molar-refractivity contribution in [2.24, 2.45) is 10.2 Å². The molecule has 0 spiro atoms. The van der Waals surface area contributed by atoms with Gasteiger partial charge in [-0.15, -0.1) is 0 Å². The Balaban J connectivity index is 0.00000645. The summed E-state index contributed by atoms with van der Waals surface area (Å²) < 4.78 is 44.5. The van der Waals surface area contributed by atoms with Crippen LogP contribution >= 0.6 is 0 Å². The van der Waals surface area contributed by atoms with Crippen molar-refractivity contribution in [2.75, 3.05) is 6.61 Å². The van der Waals surface area contributed by atoms with Crippen LogP contribution in [0.5, 0.6) is 5.75 Å². The average Bonchev–Trinajstić information content (AvgIpc) is 2.96. The molecule has 3 rings (SSSR count). The Morgan fingerprint density at radius 2 is 1.56 bits per heavy atom. The molecule has 220 valence electrons. The number of esters is 2. The molecule has 11 nitrogen and oxygen atoms in total. The molecule has 0 aliphatic rings. The third-order valence-electron chi connectivity index (χ3n) is 6.08. The molecular formula is C30H29N2NaO9S. The van der Waals surface area contributed by atoms with Crippen LogP contribution < -0.4 is 34.3 Å². The zero-order valence-corrected chi connectivity index (χ0v) is 26.6. The third-order valence-corrected chi connectivity index (χ3v) is 7.06. The quantitative estimate of drug-likeness (QED) is 0.0543. The number of carboxylic acid groups (broad SMARTS) is 1. The van der Waals surface area contributed by atoms with Crippen molar-refractivity contribution in [3.8, 4) is 5.75 Å². The summed E-state index contributed by atoms with van der Waals surface area (Å²) in [7, 11) is -4.70. The van der Waals surface area contributed by atoms with Crippen LogP contribution in [0.3, 0.4) is 0 Å². The molecule has 0 aliphatic carbocycles. The molecular weight excluding hydrogens is 587 g/mol. The molecule has 0 unspecified atom stereocenters. The largest absolute Gasteiger partial charge is 1.00 e. The van der Waals surface area contributed by atoms with Crippen molar-refractivity contribution in [3.63, 3.8) is 0 Å². The summed E-state index contributed by atoms with van der Waals surface area (Å²) in [6, 6.07) is 14.6. The van der Waals surface area contributed by atoms with Crippen LogP contribution in [0.2, 0.25) is 0 Å². The van der Waals surface area contributed by atoms with Crippen molar-refractivity contribution >= 4 is 39.4 Å². The molecule has 0 fully saturated rings. The van der Waals surface area contributed by atoms with Crippen molar-refractivity contribution in [1.29, 1.82) is 0 Å². The fraction of sp³-hybridized carbons (Fsp3) is 0.233. The molecule has 0 radical (unpaired) electrons. The number of aryl methyl sites for hydroxylation is 2. The van der Waals surface area contributed by atoms with Crippen molar-refractivity contribution < 1.29 is 71.5 Å². The van der Waals surface area contributed by atoms with Crippen LogP contribution in [-0.2, 0) is 26.1 Å². The molecule has 1 N–H and O–H groups in total. The van der Waals surface area contributed by atoms with Gasteiger partial charge in [0.05, 0.1) is 28.4 Å². The maximum Gasteiger partial charge on any atom is 1.00 e. The van der Waals surface area contributed by atoms with E-state index in [2.05, 4.69) is 16.8 Å². The first-order valence-electron chi connectivity index (χ1n) is 12.9. The van der Waals surface area contributed by atoms with E-state index < -0.39 is 32.9 Å². The van der Waals surface area contributed by atoms with E-state index in [0.717, 1.165) is 55.9 Å². The van der Waals surface area contributed by atoms with Gasteiger partial charge < -0.3 is 19.1 Å². The van der Waals surface area contributed by atoms with Gasteiger partial charge in [-0.3, -0.25) is 0 Å². The minimum absolute atomic E-state index is 0. The monoisotopic (exact) mass is 616 g/mol. The van der Waals surface area contributed by atoms with Gasteiger partial charge in [-0.05, 0) is 79.8 Å². The van der Waals surface area contributed by atoms with E-state index >= 15 is 0 Å². The van der Waals surface area contributed by atoms with E-state index in [1.54, 1.807) is 24.3 Å². The average molecular weight is 617 g/mol. The fourth-order valence-corrected chi connectivity index (χ4v) is 4.58. The molecule has 0 heterocycles. The Morgan fingerprint density at radius 3 is 2.19 bits per heavy atom. The van der Waals surface area contributed by atoms with Gasteiger partial charge in [0.15, 0.2) is 0 Å². The van der Waals surface area contributed by atoms with E-state index in [4.69, 9.17) is 9.47 Å². The minimum Gasteiger partial charge on any atom is -0.744 e. The van der Waals surface area contributed by atoms with Gasteiger partial charge in [-0.1, -0.05) is 37.6 Å². The van der Waals surface area contributed by atoms with Crippen LogP contribution in [0.15, 0.2) is 88.4 Å². The van der Waals surface area contributed by atoms with Gasteiger partial charge >= 0.3 is 47.5 Å². The Hall–Kier alpha value is -3.68. The molecule has 0 saturated heterocycles. The van der Waals surface area contributed by atoms with E-state index in [9.17, 15) is 32.5 Å². The smallest absolute Gasteiger partial charge is 0.744 e. The molecule has 0 saturated carbocycles. The predicted octanol–water partition coefficient (Wildman–Crippen LogP) is 3.07. The van der Waals surface area contributed by atoms with Crippen molar-refractivity contribution in [3.05, 3.63) is 95.6 Å². The van der Waals surface area contributed by atoms with Crippen LogP contribution in [0, 0.1) is 6.92 Å². The molecule has 43 heavy (non-hydrogen) atoms. The van der Waals surface area contributed by atoms with Gasteiger partial charge in [0, 0.05) is 6.08 Å². The molecule has 0 bridgehead atoms. The zero-order valence-electron chi connectivity index (χ0n) is 23.8. The molecule has 3 aromatic rings. The topological polar surface area (TPSA) is 172 Å². The number of azo groups is 1. The van der Waals surface area contributed by atoms with E-state index in [1.807, 2.05) is 0 Å². The van der Waals surface area contributed by atoms with Gasteiger partial charge in [0.25, 0.3) is 0 Å². The molecule has 3 aromatic carbocycles. The van der Waals surface area contributed by atoms with Gasteiger partial charge in [-0.25, -0.2) is 22.8 Å². The number of benzene rings is 3. The summed E-state index contributed by atoms with van der Waals surface area (Å²) in [5.74, 6) is -2.72. The summed E-state index contributed by atoms with van der Waals surface area (Å²) in [6.45, 7) is 5.18. The number of carboxylic acids is 1. The number of nitrogens with zero attached hydrogens (tertiary/aromatic N) is 2. The third kappa shape index (κ3) is 11.2. The number of hydrogen-bond donors (Lipinski definition) is 1. The van der Waals surface area contributed by atoms with Crippen LogP contribution in [0.1, 0.15) is 57.5 Å². The van der Waals surface area contributed by atoms with Gasteiger partial charge in [0.1, 0.15) is 21.4 Å². The van der Waals surface area contributed by atoms with Crippen LogP contribution in [0.4, 0.5) is 11.4 Å². The van der Waals surface area contributed by atoms with E-state index in [-0.39, 0.29) is 63.4 Å². The van der Waals surface area contributed by atoms with E-state index in [1.165, 1.54) is 31.2 Å². The maximum atomic E-state index is 12.7. The molecule has 0 amide bonds. The normalized spacial score (nSPS) is 11.0. The fourth-order valence-electron chi connectivity index (χ4n) is 3.85. The maximum absolute atomic E-state index is 12.7. The summed E-state index contributed by atoms with van der Waals surface area (Å²) in [6.07, 6.45) is 5.51. The zero-order chi connectivity index (χ0) is 30.7. The number of carbonyl (C=O) groups is 3. The van der Waals surface area contributed by atoms with Crippen molar-refractivity contribution in [2.45, 2.75) is 43.9 Å². The molecule has 13 heteroatoms. The second-order valence-corrected chi connectivity index (χ2v) is 10.6. The first-order valence-corrected chi connectivity index (χ1v) is 14.3. The number of hydrogen-bond acceptors (Lipinski definition) is 10. The number of aromatic carboxylic acids is 1. The summed E-state index contributed by atoms with van der Waals surface area (Å²) in [5.41, 5.74) is 1.38. The first kappa shape index (κ1) is 35.5. The molecule has 0 atom stereocenters. The number of ether oxygens (including phenoxy) is 2. The Morgan fingerprint density at radius 1 is 0.930 bits per heavy atom. The summed E-state index contributed by atoms with van der Waals surface area (Å²) >= 11 is 0. The minimum atomic E-state index is -4.70. The predicted molar refractivity (Wildman–Crippen MR) is 151 cm³/mol. The van der Waals surface area contributed by atoms with E-state index in [0.29, 0.717) is 6.61 Å². The first-order chi connectivity index (χ1) is 20.0. The Bertz CT molecular complexity index is 1600. The number of rotatable bonds is 14.